The van der Waals surface area contributed by atoms with Crippen LogP contribution in [0.15, 0.2) is 30.3 Å². The third-order valence-electron chi connectivity index (χ3n) is 3.92. The van der Waals surface area contributed by atoms with Gasteiger partial charge < -0.3 is 10.2 Å². The molecule has 21 heavy (non-hydrogen) atoms. The summed E-state index contributed by atoms with van der Waals surface area (Å²) in [5.41, 5.74) is 0.740. The van der Waals surface area contributed by atoms with E-state index in [9.17, 15) is 9.59 Å². The second kappa shape index (κ2) is 7.25. The molecule has 1 aromatic rings. The molecular formula is C17H24N2O2. The maximum atomic E-state index is 12.4. The van der Waals surface area contributed by atoms with Crippen molar-refractivity contribution in [3.63, 3.8) is 0 Å². The van der Waals surface area contributed by atoms with Crippen molar-refractivity contribution in [1.29, 1.82) is 0 Å². The predicted molar refractivity (Wildman–Crippen MR) is 82.9 cm³/mol. The van der Waals surface area contributed by atoms with E-state index >= 15 is 0 Å². The van der Waals surface area contributed by atoms with Crippen LogP contribution in [-0.2, 0) is 4.79 Å². The van der Waals surface area contributed by atoms with Crippen LogP contribution in [0.3, 0.4) is 0 Å². The second-order valence-corrected chi connectivity index (χ2v) is 6.03. The molecule has 1 saturated heterocycles. The number of carbonyl (C=O) groups excluding carboxylic acids is 2. The number of rotatable bonds is 4. The van der Waals surface area contributed by atoms with E-state index in [2.05, 4.69) is 5.32 Å². The first-order valence-corrected chi connectivity index (χ1v) is 7.70. The van der Waals surface area contributed by atoms with Crippen molar-refractivity contribution in [2.24, 2.45) is 11.8 Å². The van der Waals surface area contributed by atoms with Gasteiger partial charge in [0.25, 0.3) is 5.91 Å². The molecule has 114 valence electrons. The van der Waals surface area contributed by atoms with Crippen molar-refractivity contribution in [2.75, 3.05) is 19.6 Å². The maximum Gasteiger partial charge on any atom is 0.253 e. The number of nitrogens with one attached hydrogen (secondary N) is 1. The number of likely N-dealkylation sites (tertiary alicyclic amines) is 1. The molecular weight excluding hydrogens is 264 g/mol. The van der Waals surface area contributed by atoms with Gasteiger partial charge in [0.1, 0.15) is 0 Å². The summed E-state index contributed by atoms with van der Waals surface area (Å²) in [6.07, 6.45) is 2.07. The normalized spacial score (nSPS) is 18.6. The fraction of sp³-hybridized carbons (Fsp3) is 0.529. The van der Waals surface area contributed by atoms with Crippen molar-refractivity contribution < 1.29 is 9.59 Å². The van der Waals surface area contributed by atoms with E-state index < -0.39 is 0 Å². The lowest BCUT2D eigenvalue weighted by atomic mass is 9.97. The molecule has 0 unspecified atom stereocenters. The molecule has 2 amide bonds. The number of benzene rings is 1. The van der Waals surface area contributed by atoms with Crippen LogP contribution in [0, 0.1) is 11.8 Å². The number of hydrogen-bond acceptors (Lipinski definition) is 2. The summed E-state index contributed by atoms with van der Waals surface area (Å²) < 4.78 is 0. The molecule has 1 heterocycles. The highest BCUT2D eigenvalue weighted by atomic mass is 16.2. The molecule has 1 atom stereocenters. The smallest absolute Gasteiger partial charge is 0.253 e. The molecule has 0 aliphatic carbocycles. The Kier molecular flexibility index (Phi) is 5.37. The molecule has 4 nitrogen and oxygen atoms in total. The van der Waals surface area contributed by atoms with E-state index in [0.717, 1.165) is 31.5 Å². The lowest BCUT2D eigenvalue weighted by Gasteiger charge is -2.33. The van der Waals surface area contributed by atoms with Crippen LogP contribution in [0.1, 0.15) is 37.0 Å². The van der Waals surface area contributed by atoms with E-state index in [1.807, 2.05) is 49.1 Å². The summed E-state index contributed by atoms with van der Waals surface area (Å²) in [5, 5.41) is 2.97. The van der Waals surface area contributed by atoms with Crippen LogP contribution in [-0.4, -0.2) is 36.3 Å². The average Bonchev–Trinajstić information content (AvgIpc) is 2.53. The van der Waals surface area contributed by atoms with Crippen LogP contribution in [0.4, 0.5) is 0 Å². The van der Waals surface area contributed by atoms with Gasteiger partial charge in [-0.2, -0.15) is 0 Å². The fourth-order valence-electron chi connectivity index (χ4n) is 2.63. The number of amides is 2. The molecule has 0 aromatic heterocycles. The second-order valence-electron chi connectivity index (χ2n) is 6.03. The number of piperidine rings is 1. The molecule has 1 N–H and O–H groups in total. The SMILES string of the molecule is CC(C)C(=O)NC[C@H]1CCCN(C(=O)c2ccccc2)C1. The van der Waals surface area contributed by atoms with Crippen LogP contribution < -0.4 is 5.32 Å². The first-order valence-electron chi connectivity index (χ1n) is 7.70. The lowest BCUT2D eigenvalue weighted by Crippen LogP contribution is -2.44. The summed E-state index contributed by atoms with van der Waals surface area (Å²) in [6, 6.07) is 9.39. The van der Waals surface area contributed by atoms with Crippen LogP contribution in [0.2, 0.25) is 0 Å². The molecule has 0 radical (unpaired) electrons. The Hall–Kier alpha value is -1.84. The molecule has 1 aromatic carbocycles. The summed E-state index contributed by atoms with van der Waals surface area (Å²) in [7, 11) is 0. The zero-order valence-electron chi connectivity index (χ0n) is 12.8. The van der Waals surface area contributed by atoms with Gasteiger partial charge in [-0.3, -0.25) is 9.59 Å². The molecule has 0 saturated carbocycles. The molecule has 0 spiro atoms. The van der Waals surface area contributed by atoms with Gasteiger partial charge in [-0.25, -0.2) is 0 Å². The molecule has 1 fully saturated rings. The minimum absolute atomic E-state index is 0.00986. The largest absolute Gasteiger partial charge is 0.356 e. The molecule has 1 aliphatic rings. The first-order chi connectivity index (χ1) is 10.1. The Balaban J connectivity index is 1.89. The number of carbonyl (C=O) groups is 2. The average molecular weight is 288 g/mol. The summed E-state index contributed by atoms with van der Waals surface area (Å²) >= 11 is 0. The Morgan fingerprint density at radius 3 is 2.67 bits per heavy atom. The van der Waals surface area contributed by atoms with Crippen molar-refractivity contribution in [1.82, 2.24) is 10.2 Å². The third kappa shape index (κ3) is 4.31. The molecule has 0 bridgehead atoms. The van der Waals surface area contributed by atoms with E-state index in [-0.39, 0.29) is 17.7 Å². The van der Waals surface area contributed by atoms with Crippen LogP contribution in [0.5, 0.6) is 0 Å². The van der Waals surface area contributed by atoms with Crippen molar-refractivity contribution >= 4 is 11.8 Å². The van der Waals surface area contributed by atoms with E-state index in [1.165, 1.54) is 0 Å². The Labute approximate surface area is 126 Å². The van der Waals surface area contributed by atoms with Gasteiger partial charge >= 0.3 is 0 Å². The van der Waals surface area contributed by atoms with Crippen molar-refractivity contribution in [2.45, 2.75) is 26.7 Å². The van der Waals surface area contributed by atoms with Gasteiger partial charge in [-0.1, -0.05) is 32.0 Å². The molecule has 2 rings (SSSR count). The highest BCUT2D eigenvalue weighted by Gasteiger charge is 2.24. The van der Waals surface area contributed by atoms with Gasteiger partial charge in [0, 0.05) is 31.1 Å². The van der Waals surface area contributed by atoms with Crippen molar-refractivity contribution in [3.8, 4) is 0 Å². The predicted octanol–water partition coefficient (Wildman–Crippen LogP) is 2.31. The van der Waals surface area contributed by atoms with Gasteiger partial charge in [0.15, 0.2) is 0 Å². The molecule has 4 heteroatoms. The van der Waals surface area contributed by atoms with Crippen LogP contribution >= 0.6 is 0 Å². The van der Waals surface area contributed by atoms with Gasteiger partial charge in [-0.15, -0.1) is 0 Å². The van der Waals surface area contributed by atoms with E-state index in [0.29, 0.717) is 12.5 Å². The topological polar surface area (TPSA) is 49.4 Å². The van der Waals surface area contributed by atoms with E-state index in [1.54, 1.807) is 0 Å². The zero-order valence-corrected chi connectivity index (χ0v) is 12.8. The van der Waals surface area contributed by atoms with Gasteiger partial charge in [0.2, 0.25) is 5.91 Å². The first kappa shape index (κ1) is 15.5. The van der Waals surface area contributed by atoms with E-state index in [4.69, 9.17) is 0 Å². The lowest BCUT2D eigenvalue weighted by molar-refractivity contribution is -0.124. The minimum atomic E-state index is 0.00986. The highest BCUT2D eigenvalue weighted by Crippen LogP contribution is 2.18. The summed E-state index contributed by atoms with van der Waals surface area (Å²) in [5.74, 6) is 0.543. The fourth-order valence-corrected chi connectivity index (χ4v) is 2.63. The van der Waals surface area contributed by atoms with Crippen LogP contribution in [0.25, 0.3) is 0 Å². The number of hydrogen-bond donors (Lipinski definition) is 1. The Morgan fingerprint density at radius 1 is 1.29 bits per heavy atom. The third-order valence-corrected chi connectivity index (χ3v) is 3.92. The highest BCUT2D eigenvalue weighted by molar-refractivity contribution is 5.94. The minimum Gasteiger partial charge on any atom is -0.356 e. The standard InChI is InChI=1S/C17H24N2O2/c1-13(2)16(20)18-11-14-7-6-10-19(12-14)17(21)15-8-4-3-5-9-15/h3-5,8-9,13-14H,6-7,10-12H2,1-2H3,(H,18,20)/t14-/m1/s1. The zero-order chi connectivity index (χ0) is 15.2. The van der Waals surface area contributed by atoms with Crippen molar-refractivity contribution in [3.05, 3.63) is 35.9 Å². The Bertz CT molecular complexity index is 485. The quantitative estimate of drug-likeness (QED) is 0.924. The molecule has 1 aliphatic heterocycles. The number of nitrogens with zero attached hydrogens (tertiary/aromatic N) is 1. The maximum absolute atomic E-state index is 12.4. The van der Waals surface area contributed by atoms with Gasteiger partial charge in [-0.05, 0) is 30.9 Å². The Morgan fingerprint density at radius 2 is 2.00 bits per heavy atom. The summed E-state index contributed by atoms with van der Waals surface area (Å²) in [6.45, 7) is 5.98. The monoisotopic (exact) mass is 288 g/mol. The summed E-state index contributed by atoms with van der Waals surface area (Å²) in [4.78, 5) is 26.0. The van der Waals surface area contributed by atoms with Gasteiger partial charge in [0.05, 0.1) is 0 Å².